The van der Waals surface area contributed by atoms with E-state index in [1.165, 1.54) is 0 Å². The molecule has 8 nitrogen and oxygen atoms in total. The van der Waals surface area contributed by atoms with Gasteiger partial charge in [-0.2, -0.15) is 4.98 Å². The third-order valence-corrected chi connectivity index (χ3v) is 5.15. The fraction of sp³-hybridized carbons (Fsp3) is 0.400. The van der Waals surface area contributed by atoms with Crippen molar-refractivity contribution in [2.24, 2.45) is 0 Å². The van der Waals surface area contributed by atoms with Crippen LogP contribution in [-0.2, 0) is 9.59 Å². The van der Waals surface area contributed by atoms with Gasteiger partial charge in [-0.3, -0.25) is 19.4 Å². The van der Waals surface area contributed by atoms with Crippen LogP contribution < -0.4 is 21.1 Å². The lowest BCUT2D eigenvalue weighted by Crippen LogP contribution is -2.37. The Hall–Kier alpha value is -3.16. The third-order valence-electron chi connectivity index (χ3n) is 5.15. The molecule has 2 aromatic rings. The molecule has 3 N–H and O–H groups in total. The largest absolute Gasteiger partial charge is 0.342 e. The summed E-state index contributed by atoms with van der Waals surface area (Å²) in [5, 5.41) is 5.50. The summed E-state index contributed by atoms with van der Waals surface area (Å²) in [6.45, 7) is 5.51. The molecule has 2 aliphatic rings. The fourth-order valence-electron chi connectivity index (χ4n) is 3.94. The van der Waals surface area contributed by atoms with Crippen molar-refractivity contribution in [3.05, 3.63) is 45.2 Å². The Morgan fingerprint density at radius 1 is 1.14 bits per heavy atom. The van der Waals surface area contributed by atoms with E-state index in [0.717, 1.165) is 37.1 Å². The van der Waals surface area contributed by atoms with Gasteiger partial charge in [0, 0.05) is 25.2 Å². The molecule has 3 heterocycles. The van der Waals surface area contributed by atoms with E-state index < -0.39 is 5.92 Å². The van der Waals surface area contributed by atoms with Crippen molar-refractivity contribution in [3.8, 4) is 0 Å². The van der Waals surface area contributed by atoms with Gasteiger partial charge >= 0.3 is 0 Å². The zero-order valence-electron chi connectivity index (χ0n) is 16.0. The first-order valence-corrected chi connectivity index (χ1v) is 9.49. The summed E-state index contributed by atoms with van der Waals surface area (Å²) in [7, 11) is 0. The lowest BCUT2D eigenvalue weighted by molar-refractivity contribution is -0.123. The SMILES string of the molecule is Cc1cc(C)cc(NC(=O)C2CC(=O)Nc3nc(N4CCCC4)[nH]c(=O)c32)c1. The molecule has 1 atom stereocenters. The molecule has 1 aromatic carbocycles. The topological polar surface area (TPSA) is 107 Å². The van der Waals surface area contributed by atoms with E-state index in [1.807, 2.05) is 36.9 Å². The standard InChI is InChI=1S/C20H23N5O3/c1-11-7-12(2)9-13(8-11)21-18(27)14-10-15(26)22-17-16(14)19(28)24-20(23-17)25-5-3-4-6-25/h7-9,14H,3-6,10H2,1-2H3,(H,21,27)(H2,22,23,24,26,28). The second kappa shape index (κ2) is 7.10. The second-order valence-corrected chi connectivity index (χ2v) is 7.52. The van der Waals surface area contributed by atoms with Crippen molar-refractivity contribution in [1.82, 2.24) is 9.97 Å². The number of aryl methyl sites for hydroxylation is 2. The Morgan fingerprint density at radius 3 is 2.50 bits per heavy atom. The maximum Gasteiger partial charge on any atom is 0.258 e. The third kappa shape index (κ3) is 3.49. The molecule has 1 saturated heterocycles. The van der Waals surface area contributed by atoms with Crippen LogP contribution in [0.1, 0.15) is 41.9 Å². The molecule has 146 valence electrons. The minimum atomic E-state index is -0.881. The van der Waals surface area contributed by atoms with Gasteiger partial charge in [0.05, 0.1) is 11.5 Å². The summed E-state index contributed by atoms with van der Waals surface area (Å²) in [4.78, 5) is 47.1. The number of aromatic amines is 1. The molecule has 28 heavy (non-hydrogen) atoms. The number of hydrogen-bond donors (Lipinski definition) is 3. The van der Waals surface area contributed by atoms with Gasteiger partial charge in [0.1, 0.15) is 5.82 Å². The molecule has 1 aromatic heterocycles. The highest BCUT2D eigenvalue weighted by Gasteiger charge is 2.35. The summed E-state index contributed by atoms with van der Waals surface area (Å²) in [5.74, 6) is -0.964. The van der Waals surface area contributed by atoms with Crippen molar-refractivity contribution < 1.29 is 9.59 Å². The van der Waals surface area contributed by atoms with E-state index in [4.69, 9.17) is 0 Å². The Kier molecular flexibility index (Phi) is 4.62. The molecule has 0 radical (unpaired) electrons. The van der Waals surface area contributed by atoms with E-state index in [0.29, 0.717) is 11.6 Å². The van der Waals surface area contributed by atoms with E-state index >= 15 is 0 Å². The van der Waals surface area contributed by atoms with E-state index in [-0.39, 0.29) is 35.2 Å². The summed E-state index contributed by atoms with van der Waals surface area (Å²) in [6.07, 6.45) is 1.99. The Morgan fingerprint density at radius 2 is 1.82 bits per heavy atom. The smallest absolute Gasteiger partial charge is 0.258 e. The highest BCUT2D eigenvalue weighted by molar-refractivity contribution is 6.04. The first kappa shape index (κ1) is 18.2. The van der Waals surface area contributed by atoms with Crippen LogP contribution in [0.3, 0.4) is 0 Å². The molecule has 2 amide bonds. The zero-order chi connectivity index (χ0) is 19.8. The number of amides is 2. The van der Waals surface area contributed by atoms with Crippen LogP contribution in [0.15, 0.2) is 23.0 Å². The van der Waals surface area contributed by atoms with Crippen LogP contribution in [0.2, 0.25) is 0 Å². The number of carbonyl (C=O) groups is 2. The lowest BCUT2D eigenvalue weighted by Gasteiger charge is -2.25. The quantitative estimate of drug-likeness (QED) is 0.754. The van der Waals surface area contributed by atoms with Crippen molar-refractivity contribution in [2.75, 3.05) is 28.6 Å². The van der Waals surface area contributed by atoms with Gasteiger partial charge in [0.25, 0.3) is 5.56 Å². The molecule has 1 unspecified atom stereocenters. The number of rotatable bonds is 3. The molecule has 0 spiro atoms. The molecular formula is C20H23N5O3. The van der Waals surface area contributed by atoms with Gasteiger partial charge in [0.15, 0.2) is 0 Å². The Labute approximate surface area is 162 Å². The molecule has 0 bridgehead atoms. The van der Waals surface area contributed by atoms with E-state index in [9.17, 15) is 14.4 Å². The van der Waals surface area contributed by atoms with Crippen LogP contribution in [-0.4, -0.2) is 34.9 Å². The number of anilines is 3. The van der Waals surface area contributed by atoms with Crippen LogP contribution in [0, 0.1) is 13.8 Å². The second-order valence-electron chi connectivity index (χ2n) is 7.52. The average molecular weight is 381 g/mol. The van der Waals surface area contributed by atoms with E-state index in [2.05, 4.69) is 20.6 Å². The highest BCUT2D eigenvalue weighted by Crippen LogP contribution is 2.30. The van der Waals surface area contributed by atoms with Gasteiger partial charge in [-0.15, -0.1) is 0 Å². The number of hydrogen-bond acceptors (Lipinski definition) is 5. The number of nitrogens with zero attached hydrogens (tertiary/aromatic N) is 2. The Balaban J connectivity index is 1.66. The van der Waals surface area contributed by atoms with Crippen molar-refractivity contribution in [3.63, 3.8) is 0 Å². The van der Waals surface area contributed by atoms with Crippen LogP contribution in [0.4, 0.5) is 17.5 Å². The number of aromatic nitrogens is 2. The summed E-state index contributed by atoms with van der Waals surface area (Å²) in [6, 6.07) is 5.72. The fourth-order valence-corrected chi connectivity index (χ4v) is 3.94. The molecule has 0 saturated carbocycles. The number of nitrogens with one attached hydrogen (secondary N) is 3. The molecule has 8 heteroatoms. The maximum absolute atomic E-state index is 12.9. The number of H-pyrrole nitrogens is 1. The maximum atomic E-state index is 12.9. The van der Waals surface area contributed by atoms with Crippen molar-refractivity contribution in [1.29, 1.82) is 0 Å². The number of carbonyl (C=O) groups excluding carboxylic acids is 2. The molecule has 2 aliphatic heterocycles. The summed E-state index contributed by atoms with van der Waals surface area (Å²) in [5.41, 5.74) is 2.52. The van der Waals surface area contributed by atoms with Crippen molar-refractivity contribution in [2.45, 2.75) is 39.0 Å². The Bertz CT molecular complexity index is 987. The minimum Gasteiger partial charge on any atom is -0.342 e. The molecule has 0 aliphatic carbocycles. The number of fused-ring (bicyclic) bond motifs is 1. The van der Waals surface area contributed by atoms with Crippen LogP contribution >= 0.6 is 0 Å². The minimum absolute atomic E-state index is 0.0859. The average Bonchev–Trinajstić information content (AvgIpc) is 3.14. The first-order valence-electron chi connectivity index (χ1n) is 9.49. The monoisotopic (exact) mass is 381 g/mol. The van der Waals surface area contributed by atoms with Crippen LogP contribution in [0.25, 0.3) is 0 Å². The van der Waals surface area contributed by atoms with Gasteiger partial charge in [-0.1, -0.05) is 6.07 Å². The highest BCUT2D eigenvalue weighted by atomic mass is 16.2. The first-order chi connectivity index (χ1) is 13.4. The van der Waals surface area contributed by atoms with Gasteiger partial charge in [-0.25, -0.2) is 0 Å². The van der Waals surface area contributed by atoms with Crippen LogP contribution in [0.5, 0.6) is 0 Å². The number of benzene rings is 1. The zero-order valence-corrected chi connectivity index (χ0v) is 16.0. The predicted octanol–water partition coefficient (Wildman–Crippen LogP) is 2.05. The van der Waals surface area contributed by atoms with Crippen molar-refractivity contribution >= 4 is 29.3 Å². The molecule has 4 rings (SSSR count). The molecule has 1 fully saturated rings. The predicted molar refractivity (Wildman–Crippen MR) is 107 cm³/mol. The summed E-state index contributed by atoms with van der Waals surface area (Å²) < 4.78 is 0. The lowest BCUT2D eigenvalue weighted by atomic mass is 9.92. The van der Waals surface area contributed by atoms with Gasteiger partial charge in [0.2, 0.25) is 17.8 Å². The van der Waals surface area contributed by atoms with E-state index in [1.54, 1.807) is 0 Å². The normalized spacial score (nSPS) is 18.6. The van der Waals surface area contributed by atoms with Gasteiger partial charge < -0.3 is 15.5 Å². The molecular weight excluding hydrogens is 358 g/mol. The summed E-state index contributed by atoms with van der Waals surface area (Å²) >= 11 is 0. The van der Waals surface area contributed by atoms with Gasteiger partial charge in [-0.05, 0) is 49.9 Å².